The molecule has 4 rings (SSSR count). The van der Waals surface area contributed by atoms with Crippen molar-refractivity contribution in [3.63, 3.8) is 0 Å². The average Bonchev–Trinajstić information content (AvgIpc) is 2.62. The second-order valence-corrected chi connectivity index (χ2v) is 5.27. The standard InChI is InChI=1S/C16H11NS/c1-2-6-13-12(4-1)10-15-14(13)8-7-11-5-3-9-17-18-16(11)15/h1-10,17H. The zero-order chi connectivity index (χ0) is 11.9. The van der Waals surface area contributed by atoms with E-state index in [2.05, 4.69) is 53.3 Å². The molecule has 1 nitrogen and oxygen atoms in total. The highest BCUT2D eigenvalue weighted by atomic mass is 32.2. The van der Waals surface area contributed by atoms with Gasteiger partial charge in [-0.2, -0.15) is 0 Å². The van der Waals surface area contributed by atoms with Crippen LogP contribution >= 0.6 is 11.9 Å². The molecule has 1 heterocycles. The third kappa shape index (κ3) is 1.36. The molecule has 0 radical (unpaired) electrons. The van der Waals surface area contributed by atoms with E-state index in [9.17, 15) is 0 Å². The van der Waals surface area contributed by atoms with Crippen molar-refractivity contribution >= 4 is 24.1 Å². The summed E-state index contributed by atoms with van der Waals surface area (Å²) in [7, 11) is 0. The Hall–Kier alpha value is -1.93. The lowest BCUT2D eigenvalue weighted by Crippen LogP contribution is -2.06. The van der Waals surface area contributed by atoms with Crippen LogP contribution in [0.4, 0.5) is 0 Å². The maximum Gasteiger partial charge on any atom is 0.0435 e. The SMILES string of the molecule is C1=CNSc2c3c(ccc2=C1)=c1ccccc1=C3. The summed E-state index contributed by atoms with van der Waals surface area (Å²) < 4.78 is 3.24. The summed E-state index contributed by atoms with van der Waals surface area (Å²) in [5.74, 6) is 0. The number of fused-ring (bicyclic) bond motifs is 4. The van der Waals surface area contributed by atoms with E-state index in [1.54, 1.807) is 11.9 Å². The van der Waals surface area contributed by atoms with Crippen LogP contribution in [0.5, 0.6) is 0 Å². The van der Waals surface area contributed by atoms with Gasteiger partial charge in [0, 0.05) is 11.1 Å². The van der Waals surface area contributed by atoms with Gasteiger partial charge in [0.25, 0.3) is 0 Å². The Balaban J connectivity index is 2.21. The summed E-state index contributed by atoms with van der Waals surface area (Å²) in [6, 6.07) is 13.0. The van der Waals surface area contributed by atoms with Gasteiger partial charge in [0.1, 0.15) is 0 Å². The lowest BCUT2D eigenvalue weighted by molar-refractivity contribution is 1.30. The van der Waals surface area contributed by atoms with Gasteiger partial charge in [0.15, 0.2) is 0 Å². The van der Waals surface area contributed by atoms with Crippen molar-refractivity contribution in [3.05, 3.63) is 75.1 Å². The van der Waals surface area contributed by atoms with Crippen molar-refractivity contribution in [2.45, 2.75) is 4.90 Å². The third-order valence-corrected chi connectivity index (χ3v) is 4.29. The Bertz CT molecular complexity index is 878. The Labute approximate surface area is 109 Å². The van der Waals surface area contributed by atoms with Crippen molar-refractivity contribution in [2.75, 3.05) is 0 Å². The first-order chi connectivity index (χ1) is 8.93. The van der Waals surface area contributed by atoms with Gasteiger partial charge in [-0.25, -0.2) is 0 Å². The molecule has 1 aliphatic carbocycles. The van der Waals surface area contributed by atoms with Crippen LogP contribution in [-0.2, 0) is 0 Å². The fourth-order valence-corrected chi connectivity index (χ4v) is 3.34. The molecule has 2 heteroatoms. The Morgan fingerprint density at radius 1 is 0.889 bits per heavy atom. The van der Waals surface area contributed by atoms with Gasteiger partial charge in [-0.1, -0.05) is 42.5 Å². The number of hydrogen-bond donors (Lipinski definition) is 1. The lowest BCUT2D eigenvalue weighted by Gasteiger charge is -2.04. The van der Waals surface area contributed by atoms with Crippen LogP contribution < -0.4 is 15.2 Å². The van der Waals surface area contributed by atoms with Crippen molar-refractivity contribution < 1.29 is 0 Å². The molecule has 1 N–H and O–H groups in total. The zero-order valence-electron chi connectivity index (χ0n) is 9.68. The summed E-state index contributed by atoms with van der Waals surface area (Å²) in [4.78, 5) is 1.31. The molecule has 18 heavy (non-hydrogen) atoms. The molecule has 1 aliphatic heterocycles. The topological polar surface area (TPSA) is 12.0 Å². The number of hydrogen-bond acceptors (Lipinski definition) is 2. The zero-order valence-corrected chi connectivity index (χ0v) is 10.5. The molecule has 0 saturated carbocycles. The molecule has 0 atom stereocenters. The summed E-state index contributed by atoms with van der Waals surface area (Å²) in [6.07, 6.45) is 8.46. The highest BCUT2D eigenvalue weighted by Crippen LogP contribution is 2.21. The van der Waals surface area contributed by atoms with E-state index in [0.717, 1.165) is 0 Å². The summed E-state index contributed by atoms with van der Waals surface area (Å²) in [5, 5.41) is 5.28. The van der Waals surface area contributed by atoms with Crippen LogP contribution in [0.25, 0.3) is 12.2 Å². The molecule has 2 aromatic carbocycles. The van der Waals surface area contributed by atoms with Crippen molar-refractivity contribution in [1.82, 2.24) is 4.72 Å². The minimum absolute atomic E-state index is 1.28. The van der Waals surface area contributed by atoms with E-state index in [0.29, 0.717) is 0 Å². The average molecular weight is 249 g/mol. The van der Waals surface area contributed by atoms with Gasteiger partial charge in [-0.15, -0.1) is 0 Å². The van der Waals surface area contributed by atoms with E-state index in [1.165, 1.54) is 31.3 Å². The predicted octanol–water partition coefficient (Wildman–Crippen LogP) is 2.02. The molecule has 0 fully saturated rings. The second kappa shape index (κ2) is 3.79. The maximum atomic E-state index is 3.24. The molecule has 86 valence electrons. The van der Waals surface area contributed by atoms with E-state index in [4.69, 9.17) is 0 Å². The normalized spacial score (nSPS) is 14.4. The second-order valence-electron chi connectivity index (χ2n) is 4.42. The molecule has 2 aliphatic rings. The van der Waals surface area contributed by atoms with Gasteiger partial charge in [0.2, 0.25) is 0 Å². The third-order valence-electron chi connectivity index (χ3n) is 3.38. The van der Waals surface area contributed by atoms with Crippen LogP contribution in [-0.4, -0.2) is 0 Å². The molecule has 2 aromatic rings. The molecular weight excluding hydrogens is 238 g/mol. The van der Waals surface area contributed by atoms with Crippen molar-refractivity contribution in [1.29, 1.82) is 0 Å². The molecule has 0 amide bonds. The van der Waals surface area contributed by atoms with E-state index in [-0.39, 0.29) is 0 Å². The minimum Gasteiger partial charge on any atom is -0.332 e. The van der Waals surface area contributed by atoms with Crippen LogP contribution in [0.2, 0.25) is 0 Å². The molecular formula is C16H11NS. The van der Waals surface area contributed by atoms with Crippen LogP contribution in [0.1, 0.15) is 5.56 Å². The predicted molar refractivity (Wildman–Crippen MR) is 76.0 cm³/mol. The Morgan fingerprint density at radius 2 is 1.83 bits per heavy atom. The van der Waals surface area contributed by atoms with Crippen LogP contribution in [0.15, 0.2) is 53.6 Å². The molecule has 0 unspecified atom stereocenters. The highest BCUT2D eigenvalue weighted by molar-refractivity contribution is 7.97. The van der Waals surface area contributed by atoms with Gasteiger partial charge in [0.05, 0.1) is 0 Å². The number of nitrogens with one attached hydrogen (secondary N) is 1. The smallest absolute Gasteiger partial charge is 0.0435 e. The van der Waals surface area contributed by atoms with E-state index in [1.807, 2.05) is 12.3 Å². The Morgan fingerprint density at radius 3 is 2.83 bits per heavy atom. The van der Waals surface area contributed by atoms with Gasteiger partial charge in [-0.05, 0) is 50.5 Å². The molecule has 0 saturated heterocycles. The fourth-order valence-electron chi connectivity index (χ4n) is 2.55. The monoisotopic (exact) mass is 249 g/mol. The lowest BCUT2D eigenvalue weighted by atomic mass is 10.1. The summed E-state index contributed by atoms with van der Waals surface area (Å²) >= 11 is 1.69. The van der Waals surface area contributed by atoms with Crippen molar-refractivity contribution in [3.8, 4) is 0 Å². The van der Waals surface area contributed by atoms with Gasteiger partial charge >= 0.3 is 0 Å². The highest BCUT2D eigenvalue weighted by Gasteiger charge is 2.10. The quantitative estimate of drug-likeness (QED) is 0.612. The number of benzene rings is 2. The first-order valence-corrected chi connectivity index (χ1v) is 6.78. The Kier molecular flexibility index (Phi) is 2.11. The van der Waals surface area contributed by atoms with E-state index >= 15 is 0 Å². The molecule has 0 bridgehead atoms. The van der Waals surface area contributed by atoms with E-state index < -0.39 is 0 Å². The number of rotatable bonds is 0. The van der Waals surface area contributed by atoms with Crippen LogP contribution in [0, 0.1) is 10.4 Å². The van der Waals surface area contributed by atoms with Crippen molar-refractivity contribution in [2.24, 2.45) is 0 Å². The first-order valence-electron chi connectivity index (χ1n) is 5.97. The first kappa shape index (κ1) is 10.0. The van der Waals surface area contributed by atoms with Crippen LogP contribution in [0.3, 0.4) is 0 Å². The summed E-state index contributed by atoms with van der Waals surface area (Å²) in [5.41, 5.74) is 1.34. The fraction of sp³-hybridized carbons (Fsp3) is 0. The summed E-state index contributed by atoms with van der Waals surface area (Å²) in [6.45, 7) is 0. The van der Waals surface area contributed by atoms with Gasteiger partial charge < -0.3 is 4.72 Å². The largest absolute Gasteiger partial charge is 0.332 e. The van der Waals surface area contributed by atoms with Gasteiger partial charge in [-0.3, -0.25) is 0 Å². The number of allylic oxidation sites excluding steroid dienone is 1. The maximum absolute atomic E-state index is 3.24. The minimum atomic E-state index is 1.28. The molecule has 0 aromatic heterocycles. The molecule has 0 spiro atoms.